The Morgan fingerprint density at radius 1 is 1.07 bits per heavy atom. The maximum atomic E-state index is 12.6. The number of hydrogen-bond donors (Lipinski definition) is 3. The summed E-state index contributed by atoms with van der Waals surface area (Å²) in [6, 6.07) is 21.7. The summed E-state index contributed by atoms with van der Waals surface area (Å²) in [5.74, 6) is 0.351. The first-order valence-corrected chi connectivity index (χ1v) is 14.6. The zero-order chi connectivity index (χ0) is 29.6. The van der Waals surface area contributed by atoms with Crippen molar-refractivity contribution in [3.05, 3.63) is 89.1 Å². The van der Waals surface area contributed by atoms with Crippen LogP contribution in [-0.2, 0) is 28.9 Å². The second-order valence-electron chi connectivity index (χ2n) is 10.5. The fraction of sp³-hybridized carbons (Fsp3) is 0.394. The largest absolute Gasteiger partial charge is 0.492 e. The van der Waals surface area contributed by atoms with Gasteiger partial charge in [-0.3, -0.25) is 9.69 Å². The Morgan fingerprint density at radius 3 is 2.74 bits per heavy atom. The highest BCUT2D eigenvalue weighted by molar-refractivity contribution is 5.84. The molecule has 9 heteroatoms. The number of hydrogen-bond acceptors (Lipinski definition) is 7. The number of anilines is 1. The molecule has 1 aliphatic rings. The number of carbonyl (C=O) groups is 2. The zero-order valence-electron chi connectivity index (χ0n) is 23.9. The number of pyridine rings is 1. The lowest BCUT2D eigenvalue weighted by Crippen LogP contribution is -2.44. The maximum Gasteiger partial charge on any atom is 0.326 e. The second-order valence-corrected chi connectivity index (χ2v) is 10.5. The van der Waals surface area contributed by atoms with Gasteiger partial charge in [0.2, 0.25) is 5.91 Å². The topological polar surface area (TPSA) is 128 Å². The van der Waals surface area contributed by atoms with E-state index in [-0.39, 0.29) is 18.7 Å². The van der Waals surface area contributed by atoms with Crippen LogP contribution in [0.15, 0.2) is 66.7 Å². The Labute approximate surface area is 247 Å². The number of carbonyl (C=O) groups excluding carboxylic acids is 1. The van der Waals surface area contributed by atoms with E-state index in [1.165, 1.54) is 5.56 Å². The molecular formula is C33H39N5O4. The molecule has 1 aliphatic heterocycles. The number of nitrogens with one attached hydrogen (secondary N) is 2. The molecule has 0 radical (unpaired) electrons. The lowest BCUT2D eigenvalue weighted by Gasteiger charge is -2.24. The highest BCUT2D eigenvalue weighted by Crippen LogP contribution is 2.20. The minimum Gasteiger partial charge on any atom is -0.492 e. The third kappa shape index (κ3) is 9.89. The van der Waals surface area contributed by atoms with Crippen LogP contribution >= 0.6 is 0 Å². The summed E-state index contributed by atoms with van der Waals surface area (Å²) in [4.78, 5) is 31.6. The van der Waals surface area contributed by atoms with Gasteiger partial charge in [-0.1, -0.05) is 36.4 Å². The van der Waals surface area contributed by atoms with Crippen molar-refractivity contribution in [1.82, 2.24) is 15.2 Å². The molecule has 2 aromatic carbocycles. The monoisotopic (exact) mass is 569 g/mol. The van der Waals surface area contributed by atoms with Crippen molar-refractivity contribution in [1.29, 1.82) is 5.26 Å². The van der Waals surface area contributed by atoms with Crippen LogP contribution in [0.2, 0.25) is 0 Å². The van der Waals surface area contributed by atoms with Gasteiger partial charge in [0.1, 0.15) is 24.2 Å². The molecule has 0 saturated heterocycles. The van der Waals surface area contributed by atoms with Crippen molar-refractivity contribution >= 4 is 17.7 Å². The molecule has 0 fully saturated rings. The van der Waals surface area contributed by atoms with Gasteiger partial charge in [-0.2, -0.15) is 5.26 Å². The van der Waals surface area contributed by atoms with Crippen molar-refractivity contribution in [2.24, 2.45) is 0 Å². The second kappa shape index (κ2) is 16.1. The average Bonchev–Trinajstić information content (AvgIpc) is 3.01. The van der Waals surface area contributed by atoms with E-state index in [0.717, 1.165) is 62.5 Å². The van der Waals surface area contributed by atoms with Crippen LogP contribution in [0.4, 0.5) is 5.82 Å². The lowest BCUT2D eigenvalue weighted by molar-refractivity contribution is -0.142. The van der Waals surface area contributed by atoms with Gasteiger partial charge in [-0.15, -0.1) is 0 Å². The van der Waals surface area contributed by atoms with E-state index in [1.54, 1.807) is 24.3 Å². The average molecular weight is 570 g/mol. The number of nitrogens with zero attached hydrogens (tertiary/aromatic N) is 3. The predicted molar refractivity (Wildman–Crippen MR) is 161 cm³/mol. The van der Waals surface area contributed by atoms with E-state index >= 15 is 0 Å². The van der Waals surface area contributed by atoms with Crippen LogP contribution in [0.1, 0.15) is 48.1 Å². The molecule has 220 valence electrons. The van der Waals surface area contributed by atoms with E-state index in [1.807, 2.05) is 30.3 Å². The van der Waals surface area contributed by atoms with Gasteiger partial charge in [-0.05, 0) is 86.5 Å². The Morgan fingerprint density at radius 2 is 1.93 bits per heavy atom. The van der Waals surface area contributed by atoms with E-state index in [0.29, 0.717) is 30.8 Å². The first kappa shape index (κ1) is 30.5. The number of benzene rings is 2. The Balaban J connectivity index is 1.29. The third-order valence-corrected chi connectivity index (χ3v) is 7.32. The predicted octanol–water partition coefficient (Wildman–Crippen LogP) is 4.22. The van der Waals surface area contributed by atoms with Crippen LogP contribution in [0.5, 0.6) is 5.75 Å². The first-order chi connectivity index (χ1) is 20.5. The molecule has 3 N–H and O–H groups in total. The Bertz CT molecular complexity index is 1360. The summed E-state index contributed by atoms with van der Waals surface area (Å²) in [5, 5.41) is 25.0. The molecule has 9 nitrogen and oxygen atoms in total. The highest BCUT2D eigenvalue weighted by atomic mass is 16.5. The summed E-state index contributed by atoms with van der Waals surface area (Å²) in [6.07, 6.45) is 5.26. The highest BCUT2D eigenvalue weighted by Gasteiger charge is 2.21. The smallest absolute Gasteiger partial charge is 0.326 e. The van der Waals surface area contributed by atoms with Gasteiger partial charge in [0.15, 0.2) is 0 Å². The molecule has 0 bridgehead atoms. The number of rotatable bonds is 16. The summed E-state index contributed by atoms with van der Waals surface area (Å²) < 4.78 is 5.90. The molecule has 0 saturated carbocycles. The van der Waals surface area contributed by atoms with Crippen LogP contribution < -0.4 is 15.4 Å². The van der Waals surface area contributed by atoms with Gasteiger partial charge in [0.05, 0.1) is 18.1 Å². The number of aryl methyl sites for hydroxylation is 2. The maximum absolute atomic E-state index is 12.6. The number of carboxylic acid groups (broad SMARTS) is 1. The number of unbranched alkanes of at least 4 members (excludes halogenated alkanes) is 1. The fourth-order valence-electron chi connectivity index (χ4n) is 5.04. The molecule has 0 spiro atoms. The number of para-hydroxylation sites is 1. The fourth-order valence-corrected chi connectivity index (χ4v) is 5.04. The molecular weight excluding hydrogens is 530 g/mol. The van der Waals surface area contributed by atoms with Crippen molar-refractivity contribution in [2.75, 3.05) is 38.1 Å². The number of ether oxygens (including phenoxy) is 1. The van der Waals surface area contributed by atoms with Gasteiger partial charge in [0.25, 0.3) is 0 Å². The van der Waals surface area contributed by atoms with E-state index in [9.17, 15) is 14.7 Å². The molecule has 1 atom stereocenters. The van der Waals surface area contributed by atoms with Gasteiger partial charge >= 0.3 is 5.97 Å². The number of carboxylic acids is 1. The number of nitriles is 1. The summed E-state index contributed by atoms with van der Waals surface area (Å²) in [7, 11) is 0. The molecule has 0 unspecified atom stereocenters. The molecule has 3 aromatic rings. The molecule has 4 rings (SSSR count). The number of amides is 1. The Hall–Kier alpha value is -4.42. The summed E-state index contributed by atoms with van der Waals surface area (Å²) >= 11 is 0. The number of aliphatic carboxylic acids is 1. The normalized spacial score (nSPS) is 13.0. The quantitative estimate of drug-likeness (QED) is 0.219. The molecule has 1 aromatic heterocycles. The van der Waals surface area contributed by atoms with E-state index in [2.05, 4.69) is 33.7 Å². The van der Waals surface area contributed by atoms with Gasteiger partial charge in [-0.25, -0.2) is 9.78 Å². The van der Waals surface area contributed by atoms with Crippen LogP contribution in [0, 0.1) is 11.3 Å². The van der Waals surface area contributed by atoms with Crippen molar-refractivity contribution in [3.63, 3.8) is 0 Å². The minimum atomic E-state index is -1.07. The SMILES string of the molecule is N#Cc1cccc(CC(=O)N[C@@H](CCN(CCCCc2ccc3c(n2)NCCC3)CCOc2ccccc2)C(=O)O)c1. The third-order valence-electron chi connectivity index (χ3n) is 7.32. The standard InChI is InChI=1S/C33H39N5O4/c34-24-26-9-6-8-25(22-26)23-31(39)37-30(33(40)41)16-19-38(20-21-42-29-12-2-1-3-13-29)18-5-4-11-28-15-14-27-10-7-17-35-32(27)36-28/h1-3,6,8-9,12-15,22,30H,4-5,7,10-11,16-21,23H2,(H,35,36)(H,37,39)(H,40,41)/t30-/m0/s1. The zero-order valence-corrected chi connectivity index (χ0v) is 23.9. The van der Waals surface area contributed by atoms with Crippen molar-refractivity contribution in [3.8, 4) is 11.8 Å². The molecule has 1 amide bonds. The van der Waals surface area contributed by atoms with Crippen molar-refractivity contribution < 1.29 is 19.4 Å². The van der Waals surface area contributed by atoms with Crippen LogP contribution in [-0.4, -0.2) is 65.7 Å². The molecule has 2 heterocycles. The number of aromatic nitrogens is 1. The van der Waals surface area contributed by atoms with Gasteiger partial charge in [0, 0.05) is 25.3 Å². The number of fused-ring (bicyclic) bond motifs is 1. The minimum absolute atomic E-state index is 0.0141. The summed E-state index contributed by atoms with van der Waals surface area (Å²) in [5.41, 5.74) is 3.49. The lowest BCUT2D eigenvalue weighted by atomic mass is 10.1. The summed E-state index contributed by atoms with van der Waals surface area (Å²) in [6.45, 7) is 3.36. The van der Waals surface area contributed by atoms with Gasteiger partial charge < -0.3 is 20.5 Å². The van der Waals surface area contributed by atoms with E-state index < -0.39 is 12.0 Å². The molecule has 42 heavy (non-hydrogen) atoms. The Kier molecular flexibility index (Phi) is 11.7. The van der Waals surface area contributed by atoms with Crippen LogP contribution in [0.25, 0.3) is 0 Å². The molecule has 0 aliphatic carbocycles. The first-order valence-electron chi connectivity index (χ1n) is 14.6. The van der Waals surface area contributed by atoms with E-state index in [4.69, 9.17) is 15.0 Å². The van der Waals surface area contributed by atoms with Crippen molar-refractivity contribution in [2.45, 2.75) is 51.0 Å². The van der Waals surface area contributed by atoms with Crippen LogP contribution in [0.3, 0.4) is 0 Å².